The van der Waals surface area contributed by atoms with Gasteiger partial charge in [0.15, 0.2) is 0 Å². The molecule has 1 aliphatic carbocycles. The van der Waals surface area contributed by atoms with Crippen molar-refractivity contribution in [2.24, 2.45) is 5.92 Å². The molecule has 3 unspecified atom stereocenters. The quantitative estimate of drug-likeness (QED) is 0.326. The third-order valence-corrected chi connectivity index (χ3v) is 11.0. The summed E-state index contributed by atoms with van der Waals surface area (Å²) in [6.07, 6.45) is 6.06. The largest absolute Gasteiger partial charge is 0.481 e. The predicted octanol–water partition coefficient (Wildman–Crippen LogP) is 2.69. The van der Waals surface area contributed by atoms with Gasteiger partial charge in [-0.2, -0.15) is 4.31 Å². The molecule has 2 amide bonds. The van der Waals surface area contributed by atoms with Crippen LogP contribution >= 0.6 is 0 Å². The van der Waals surface area contributed by atoms with Gasteiger partial charge in [-0.25, -0.2) is 18.2 Å². The molecule has 3 aliphatic rings. The van der Waals surface area contributed by atoms with Crippen LogP contribution in [0.5, 0.6) is 5.88 Å². The monoisotopic (exact) mass is 599 g/mol. The van der Waals surface area contributed by atoms with Crippen LogP contribution in [0.15, 0.2) is 48.7 Å². The molecule has 2 aromatic rings. The van der Waals surface area contributed by atoms with Gasteiger partial charge in [0, 0.05) is 49.4 Å². The van der Waals surface area contributed by atoms with Crippen molar-refractivity contribution in [3.8, 4) is 5.88 Å². The zero-order valence-corrected chi connectivity index (χ0v) is 24.8. The first-order valence-corrected chi connectivity index (χ1v) is 16.4. The predicted molar refractivity (Wildman–Crippen MR) is 158 cm³/mol. The van der Waals surface area contributed by atoms with Gasteiger partial charge in [-0.1, -0.05) is 42.8 Å². The fourth-order valence-corrected chi connectivity index (χ4v) is 8.67. The second-order valence-electron chi connectivity index (χ2n) is 11.6. The first-order chi connectivity index (χ1) is 20.2. The molecule has 0 spiro atoms. The second kappa shape index (κ2) is 13.4. The Morgan fingerprint density at radius 1 is 1.10 bits per heavy atom. The molecular weight excluding hydrogens is 558 g/mol. The summed E-state index contributed by atoms with van der Waals surface area (Å²) >= 11 is 0. The highest BCUT2D eigenvalue weighted by Crippen LogP contribution is 2.34. The third kappa shape index (κ3) is 7.04. The summed E-state index contributed by atoms with van der Waals surface area (Å²) in [7, 11) is -1.74. The minimum Gasteiger partial charge on any atom is -0.481 e. The topological polar surface area (TPSA) is 150 Å². The Kier molecular flexibility index (Phi) is 9.64. The lowest BCUT2D eigenvalue weighted by Crippen LogP contribution is -2.57. The number of sulfonamides is 1. The summed E-state index contributed by atoms with van der Waals surface area (Å²) in [6, 6.07) is 11.7. The van der Waals surface area contributed by atoms with Crippen LogP contribution in [-0.4, -0.2) is 84.9 Å². The van der Waals surface area contributed by atoms with Gasteiger partial charge >= 0.3 is 6.09 Å². The maximum atomic E-state index is 13.9. The number of nitrogens with zero attached hydrogens (tertiary/aromatic N) is 2. The fraction of sp³-hybridized carbons (Fsp3) is 0.567. The van der Waals surface area contributed by atoms with Crippen molar-refractivity contribution < 1.29 is 27.9 Å². The SMILES string of the molecule is COc1ccc(C(c2ccccc2)C(NC(=O)O)C(=O)N[C@H]2CCC[C@@H]2CC[C@H]2CN[C@@H]3CCCS(=O)(=O)N2C3)cn1. The summed E-state index contributed by atoms with van der Waals surface area (Å²) in [4.78, 5) is 30.1. The number of methoxy groups -OCH3 is 1. The molecule has 42 heavy (non-hydrogen) atoms. The number of rotatable bonds is 10. The van der Waals surface area contributed by atoms with Crippen LogP contribution in [0.25, 0.3) is 0 Å². The molecule has 3 fully saturated rings. The molecular formula is C30H41N5O6S. The molecule has 2 bridgehead atoms. The van der Waals surface area contributed by atoms with E-state index >= 15 is 0 Å². The number of hydrogen-bond donors (Lipinski definition) is 4. The molecule has 7 atom stereocenters. The number of piperazine rings is 1. The van der Waals surface area contributed by atoms with E-state index in [1.54, 1.807) is 22.6 Å². The number of carbonyl (C=O) groups is 2. The number of benzene rings is 1. The van der Waals surface area contributed by atoms with E-state index in [9.17, 15) is 23.1 Å². The van der Waals surface area contributed by atoms with Crippen LogP contribution in [0.1, 0.15) is 62.0 Å². The minimum absolute atomic E-state index is 0.0900. The summed E-state index contributed by atoms with van der Waals surface area (Å²) in [5, 5.41) is 18.9. The average Bonchev–Trinajstić information content (AvgIpc) is 3.38. The lowest BCUT2D eigenvalue weighted by Gasteiger charge is -2.38. The van der Waals surface area contributed by atoms with Crippen LogP contribution in [-0.2, 0) is 14.8 Å². The molecule has 5 rings (SSSR count). The highest BCUT2D eigenvalue weighted by Gasteiger charge is 2.40. The smallest absolute Gasteiger partial charge is 0.405 e. The second-order valence-corrected chi connectivity index (χ2v) is 13.7. The Morgan fingerprint density at radius 3 is 2.62 bits per heavy atom. The molecule has 2 aliphatic heterocycles. The van der Waals surface area contributed by atoms with E-state index in [-0.39, 0.29) is 29.8 Å². The van der Waals surface area contributed by atoms with Gasteiger partial charge in [-0.3, -0.25) is 4.79 Å². The Balaban J connectivity index is 1.31. The number of amides is 2. The Bertz CT molecular complexity index is 1330. The van der Waals surface area contributed by atoms with Crippen molar-refractivity contribution in [1.29, 1.82) is 0 Å². The standard InChI is InChI=1S/C30H41N5O6S/c1-41-26-15-13-22(17-32-26)27(21-7-3-2-4-8-21)28(34-30(37)38)29(36)33-25-11-5-9-20(25)12-14-24-18-31-23-10-6-16-42(39,40)35(24)19-23/h2-4,7-8,13,15,17,20,23-25,27-28,31,34H,5-6,9-12,14,16,18-19H2,1H3,(H,33,36)(H,37,38)/t20-,23-,24+,25+,27?,28?/m1/s1. The van der Waals surface area contributed by atoms with Crippen molar-refractivity contribution in [2.75, 3.05) is 26.0 Å². The van der Waals surface area contributed by atoms with Gasteiger partial charge in [-0.05, 0) is 55.6 Å². The number of ether oxygens (including phenoxy) is 1. The van der Waals surface area contributed by atoms with E-state index in [0.29, 0.717) is 31.0 Å². The van der Waals surface area contributed by atoms with Crippen molar-refractivity contribution in [3.63, 3.8) is 0 Å². The average molecular weight is 600 g/mol. The number of nitrogens with one attached hydrogen (secondary N) is 3. The molecule has 1 saturated carbocycles. The summed E-state index contributed by atoms with van der Waals surface area (Å²) < 4.78 is 32.7. The first-order valence-electron chi connectivity index (χ1n) is 14.8. The normalized spacial score (nSPS) is 28.2. The van der Waals surface area contributed by atoms with E-state index in [2.05, 4.69) is 20.9 Å². The van der Waals surface area contributed by atoms with Gasteiger partial charge in [0.25, 0.3) is 0 Å². The number of hydrogen-bond acceptors (Lipinski definition) is 7. The highest BCUT2D eigenvalue weighted by molar-refractivity contribution is 7.89. The molecule has 1 aromatic heterocycles. The maximum Gasteiger partial charge on any atom is 0.405 e. The molecule has 11 nitrogen and oxygen atoms in total. The lowest BCUT2D eigenvalue weighted by molar-refractivity contribution is -0.124. The van der Waals surface area contributed by atoms with Crippen molar-refractivity contribution >= 4 is 22.0 Å². The number of carboxylic acid groups (broad SMARTS) is 1. The van der Waals surface area contributed by atoms with E-state index in [1.165, 1.54) is 7.11 Å². The Labute approximate surface area is 247 Å². The third-order valence-electron chi connectivity index (χ3n) is 9.00. The van der Waals surface area contributed by atoms with Gasteiger partial charge in [0.2, 0.25) is 21.8 Å². The summed E-state index contributed by atoms with van der Waals surface area (Å²) in [6.45, 7) is 1.17. The number of carbonyl (C=O) groups excluding carboxylic acids is 1. The minimum atomic E-state index is -3.26. The molecule has 2 saturated heterocycles. The van der Waals surface area contributed by atoms with Crippen LogP contribution in [0.2, 0.25) is 0 Å². The van der Waals surface area contributed by atoms with Gasteiger partial charge in [0.05, 0.1) is 12.9 Å². The van der Waals surface area contributed by atoms with Crippen LogP contribution < -0.4 is 20.7 Å². The lowest BCUT2D eigenvalue weighted by atomic mass is 9.85. The summed E-state index contributed by atoms with van der Waals surface area (Å²) in [5.41, 5.74) is 1.46. The number of aromatic nitrogens is 1. The van der Waals surface area contributed by atoms with Gasteiger partial charge in [-0.15, -0.1) is 0 Å². The Hall–Kier alpha value is -3.22. The van der Waals surface area contributed by atoms with Crippen LogP contribution in [0, 0.1) is 5.92 Å². The van der Waals surface area contributed by atoms with Gasteiger partial charge < -0.3 is 25.8 Å². The van der Waals surface area contributed by atoms with E-state index in [4.69, 9.17) is 4.74 Å². The first kappa shape index (κ1) is 30.2. The van der Waals surface area contributed by atoms with Crippen molar-refractivity contribution in [2.45, 2.75) is 75.0 Å². The van der Waals surface area contributed by atoms with Crippen LogP contribution in [0.4, 0.5) is 4.79 Å². The zero-order chi connectivity index (χ0) is 29.7. The van der Waals surface area contributed by atoms with E-state index < -0.39 is 34.0 Å². The summed E-state index contributed by atoms with van der Waals surface area (Å²) in [5.74, 6) is -0.201. The number of fused-ring (bicyclic) bond motifs is 2. The molecule has 0 radical (unpaired) electrons. The highest BCUT2D eigenvalue weighted by atomic mass is 32.2. The fourth-order valence-electron chi connectivity index (χ4n) is 6.86. The van der Waals surface area contributed by atoms with Gasteiger partial charge in [0.1, 0.15) is 6.04 Å². The van der Waals surface area contributed by atoms with Crippen molar-refractivity contribution in [1.82, 2.24) is 25.2 Å². The van der Waals surface area contributed by atoms with E-state index in [0.717, 1.165) is 44.1 Å². The molecule has 228 valence electrons. The zero-order valence-electron chi connectivity index (χ0n) is 23.9. The molecule has 12 heteroatoms. The van der Waals surface area contributed by atoms with E-state index in [1.807, 2.05) is 30.3 Å². The van der Waals surface area contributed by atoms with Crippen molar-refractivity contribution in [3.05, 3.63) is 59.8 Å². The number of pyridine rings is 1. The molecule has 3 heterocycles. The van der Waals surface area contributed by atoms with Crippen LogP contribution in [0.3, 0.4) is 0 Å². The Morgan fingerprint density at radius 2 is 1.90 bits per heavy atom. The maximum absolute atomic E-state index is 13.9. The molecule has 4 N–H and O–H groups in total. The molecule has 1 aromatic carbocycles.